The molecule has 11 heteroatoms. The van der Waals surface area contributed by atoms with Crippen LogP contribution in [0.2, 0.25) is 5.02 Å². The second kappa shape index (κ2) is 11.3. The first-order valence-electron chi connectivity index (χ1n) is 12.6. The van der Waals surface area contributed by atoms with Gasteiger partial charge in [0.15, 0.2) is 0 Å². The van der Waals surface area contributed by atoms with E-state index in [2.05, 4.69) is 5.32 Å². The van der Waals surface area contributed by atoms with Crippen LogP contribution in [0.25, 0.3) is 11.1 Å². The third-order valence-electron chi connectivity index (χ3n) is 6.87. The Kier molecular flexibility index (Phi) is 7.91. The number of hydrogen-bond donors (Lipinski definition) is 1. The highest BCUT2D eigenvalue weighted by molar-refractivity contribution is 7.89. The lowest BCUT2D eigenvalue weighted by molar-refractivity contribution is -0.140. The van der Waals surface area contributed by atoms with Crippen molar-refractivity contribution in [3.05, 3.63) is 118 Å². The van der Waals surface area contributed by atoms with E-state index in [9.17, 15) is 30.8 Å². The molecule has 212 valence electrons. The number of nitrogens with one attached hydrogen (secondary N) is 1. The predicted molar refractivity (Wildman–Crippen MR) is 148 cm³/mol. The molecule has 4 aromatic carbocycles. The van der Waals surface area contributed by atoms with E-state index in [1.165, 1.54) is 4.31 Å². The van der Waals surface area contributed by atoms with Crippen molar-refractivity contribution in [3.63, 3.8) is 0 Å². The molecule has 1 amide bonds. The SMILES string of the molecule is O=C(Cc1ccc(C(F)(F)F)c(F)c1)Nc1c(Cl)ccc2c1CCN(S(=O)(=O)c1ccccc1-c1ccccc1)C2. The van der Waals surface area contributed by atoms with Crippen molar-refractivity contribution in [2.45, 2.75) is 30.5 Å². The average molecular weight is 603 g/mol. The second-order valence-corrected chi connectivity index (χ2v) is 11.9. The highest BCUT2D eigenvalue weighted by Crippen LogP contribution is 2.37. The number of sulfonamides is 1. The standard InChI is InChI=1S/C30H23ClF4N2O3S/c31-25-13-11-21-18-37(41(39,40)27-9-5-4-8-22(27)20-6-2-1-3-7-20)15-14-23(21)29(25)36-28(38)17-19-10-12-24(26(32)16-19)30(33,34)35/h1-13,16H,14-15,17-18H2,(H,36,38). The lowest BCUT2D eigenvalue weighted by Crippen LogP contribution is -2.36. The molecule has 4 aromatic rings. The molecule has 1 aliphatic rings. The van der Waals surface area contributed by atoms with Crippen molar-refractivity contribution in [2.75, 3.05) is 11.9 Å². The Morgan fingerprint density at radius 3 is 2.37 bits per heavy atom. The average Bonchev–Trinajstić information content (AvgIpc) is 2.94. The summed E-state index contributed by atoms with van der Waals surface area (Å²) < 4.78 is 81.4. The van der Waals surface area contributed by atoms with Gasteiger partial charge >= 0.3 is 6.18 Å². The maximum atomic E-state index is 14.0. The van der Waals surface area contributed by atoms with Crippen LogP contribution in [0.5, 0.6) is 0 Å². The van der Waals surface area contributed by atoms with E-state index in [1.54, 1.807) is 36.4 Å². The molecule has 0 aliphatic carbocycles. The van der Waals surface area contributed by atoms with E-state index < -0.39 is 33.5 Å². The molecular formula is C30H23ClF4N2O3S. The number of nitrogens with zero attached hydrogens (tertiary/aromatic N) is 1. The van der Waals surface area contributed by atoms with E-state index in [0.717, 1.165) is 11.6 Å². The third-order valence-corrected chi connectivity index (χ3v) is 9.09. The van der Waals surface area contributed by atoms with Gasteiger partial charge in [-0.25, -0.2) is 12.8 Å². The molecule has 1 heterocycles. The summed E-state index contributed by atoms with van der Waals surface area (Å²) in [5, 5.41) is 2.91. The number of alkyl halides is 3. The summed E-state index contributed by atoms with van der Waals surface area (Å²) in [6.07, 6.45) is -4.97. The minimum absolute atomic E-state index is 0.0466. The molecule has 0 fully saturated rings. The summed E-state index contributed by atoms with van der Waals surface area (Å²) in [6.45, 7) is 0.177. The van der Waals surface area contributed by atoms with Gasteiger partial charge in [-0.1, -0.05) is 72.3 Å². The summed E-state index contributed by atoms with van der Waals surface area (Å²) >= 11 is 6.38. The van der Waals surface area contributed by atoms with Gasteiger partial charge in [0.25, 0.3) is 0 Å². The van der Waals surface area contributed by atoms with Gasteiger partial charge in [-0.05, 0) is 52.9 Å². The van der Waals surface area contributed by atoms with E-state index in [-0.39, 0.29) is 41.4 Å². The number of carbonyl (C=O) groups is 1. The maximum Gasteiger partial charge on any atom is 0.419 e. The fraction of sp³-hybridized carbons (Fsp3) is 0.167. The fourth-order valence-corrected chi connectivity index (χ4v) is 6.75. The molecule has 41 heavy (non-hydrogen) atoms. The van der Waals surface area contributed by atoms with Gasteiger partial charge in [-0.15, -0.1) is 0 Å². The van der Waals surface area contributed by atoms with Crippen LogP contribution >= 0.6 is 11.6 Å². The molecular weight excluding hydrogens is 580 g/mol. The Hall–Kier alpha value is -3.73. The zero-order valence-electron chi connectivity index (χ0n) is 21.4. The normalized spacial score (nSPS) is 14.0. The quantitative estimate of drug-likeness (QED) is 0.240. The van der Waals surface area contributed by atoms with Crippen molar-refractivity contribution in [2.24, 2.45) is 0 Å². The number of carbonyl (C=O) groups excluding carboxylic acids is 1. The summed E-state index contributed by atoms with van der Waals surface area (Å²) in [6, 6.07) is 21.6. The summed E-state index contributed by atoms with van der Waals surface area (Å²) in [5.74, 6) is -2.07. The van der Waals surface area contributed by atoms with Crippen LogP contribution in [0.4, 0.5) is 23.2 Å². The molecule has 0 saturated carbocycles. The lowest BCUT2D eigenvalue weighted by atomic mass is 9.98. The lowest BCUT2D eigenvalue weighted by Gasteiger charge is -2.30. The van der Waals surface area contributed by atoms with Crippen LogP contribution in [0.1, 0.15) is 22.3 Å². The molecule has 0 saturated heterocycles. The number of fused-ring (bicyclic) bond motifs is 1. The third kappa shape index (κ3) is 6.00. The van der Waals surface area contributed by atoms with Crippen LogP contribution in [-0.2, 0) is 40.4 Å². The topological polar surface area (TPSA) is 66.5 Å². The minimum Gasteiger partial charge on any atom is -0.324 e. The molecule has 5 nitrogen and oxygen atoms in total. The Bertz CT molecular complexity index is 1730. The van der Waals surface area contributed by atoms with Crippen molar-refractivity contribution in [1.82, 2.24) is 4.31 Å². The van der Waals surface area contributed by atoms with Crippen LogP contribution in [-0.4, -0.2) is 25.2 Å². The van der Waals surface area contributed by atoms with Crippen LogP contribution in [0, 0.1) is 5.82 Å². The summed E-state index contributed by atoms with van der Waals surface area (Å²) in [7, 11) is -3.89. The maximum absolute atomic E-state index is 14.0. The molecule has 0 radical (unpaired) electrons. The summed E-state index contributed by atoms with van der Waals surface area (Å²) in [4.78, 5) is 13.0. The van der Waals surface area contributed by atoms with E-state index >= 15 is 0 Å². The van der Waals surface area contributed by atoms with Crippen LogP contribution in [0.3, 0.4) is 0 Å². The van der Waals surface area contributed by atoms with E-state index in [0.29, 0.717) is 34.5 Å². The summed E-state index contributed by atoms with van der Waals surface area (Å²) in [5.41, 5.74) is 1.61. The van der Waals surface area contributed by atoms with E-state index in [1.807, 2.05) is 30.3 Å². The van der Waals surface area contributed by atoms with Crippen LogP contribution < -0.4 is 5.32 Å². The molecule has 0 bridgehead atoms. The van der Waals surface area contributed by atoms with Gasteiger partial charge in [0, 0.05) is 18.7 Å². The Morgan fingerprint density at radius 2 is 1.66 bits per heavy atom. The largest absolute Gasteiger partial charge is 0.419 e. The zero-order valence-corrected chi connectivity index (χ0v) is 23.0. The van der Waals surface area contributed by atoms with Crippen LogP contribution in [0.15, 0.2) is 89.8 Å². The number of hydrogen-bond acceptors (Lipinski definition) is 3. The first-order valence-corrected chi connectivity index (χ1v) is 14.4. The second-order valence-electron chi connectivity index (χ2n) is 9.55. The minimum atomic E-state index is -4.84. The van der Waals surface area contributed by atoms with Gasteiger partial charge < -0.3 is 5.32 Å². The first kappa shape index (κ1) is 28.8. The Labute approximate surface area is 239 Å². The number of anilines is 1. The van der Waals surface area contributed by atoms with Gasteiger partial charge in [0.1, 0.15) is 5.82 Å². The molecule has 0 atom stereocenters. The zero-order chi connectivity index (χ0) is 29.4. The van der Waals surface area contributed by atoms with Crippen molar-refractivity contribution >= 4 is 33.2 Å². The predicted octanol–water partition coefficient (Wildman–Crippen LogP) is 7.09. The molecule has 0 unspecified atom stereocenters. The van der Waals surface area contributed by atoms with Crippen molar-refractivity contribution in [1.29, 1.82) is 0 Å². The van der Waals surface area contributed by atoms with Gasteiger partial charge in [-0.3, -0.25) is 4.79 Å². The van der Waals surface area contributed by atoms with Gasteiger partial charge in [-0.2, -0.15) is 17.5 Å². The number of halogens is 5. The Balaban J connectivity index is 1.37. The van der Waals surface area contributed by atoms with Gasteiger partial charge in [0.05, 0.1) is 27.6 Å². The number of amides is 1. The first-order chi connectivity index (χ1) is 19.4. The number of benzene rings is 4. The van der Waals surface area contributed by atoms with Gasteiger partial charge in [0.2, 0.25) is 15.9 Å². The molecule has 1 aliphatic heterocycles. The monoisotopic (exact) mass is 602 g/mol. The Morgan fingerprint density at radius 1 is 0.951 bits per heavy atom. The van der Waals surface area contributed by atoms with E-state index in [4.69, 9.17) is 11.6 Å². The smallest absolute Gasteiger partial charge is 0.324 e. The number of rotatable bonds is 6. The molecule has 0 spiro atoms. The molecule has 1 N–H and O–H groups in total. The molecule has 5 rings (SSSR count). The highest BCUT2D eigenvalue weighted by atomic mass is 35.5. The van der Waals surface area contributed by atoms with Crippen molar-refractivity contribution < 1.29 is 30.8 Å². The van der Waals surface area contributed by atoms with Crippen molar-refractivity contribution in [3.8, 4) is 11.1 Å². The molecule has 0 aromatic heterocycles. The highest BCUT2D eigenvalue weighted by Gasteiger charge is 2.34. The fourth-order valence-electron chi connectivity index (χ4n) is 4.90.